The molecule has 6 N–H and O–H groups in total. The number of benzene rings is 1. The maximum absolute atomic E-state index is 14.2. The Morgan fingerprint density at radius 3 is 2.67 bits per heavy atom. The van der Waals surface area contributed by atoms with E-state index in [-0.39, 0.29) is 69.5 Å². The van der Waals surface area contributed by atoms with E-state index in [9.17, 15) is 24.0 Å². The highest BCUT2D eigenvalue weighted by Crippen LogP contribution is 2.63. The fraction of sp³-hybridized carbons (Fsp3) is 0.622. The number of nitrogens with zero attached hydrogens (tertiary/aromatic N) is 4. The zero-order valence-electron chi connectivity index (χ0n) is 31.1. The minimum absolute atomic E-state index is 0.0479. The highest BCUT2D eigenvalue weighted by molar-refractivity contribution is 5.96. The summed E-state index contributed by atoms with van der Waals surface area (Å²) in [6.07, 6.45) is 2.23. The van der Waals surface area contributed by atoms with Crippen molar-refractivity contribution in [1.29, 1.82) is 0 Å². The van der Waals surface area contributed by atoms with Gasteiger partial charge in [0.05, 0.1) is 19.8 Å². The van der Waals surface area contributed by atoms with E-state index in [1.54, 1.807) is 14.0 Å². The molecule has 2 bridgehead atoms. The number of ketones is 1. The number of rotatable bonds is 14. The first-order chi connectivity index (χ1) is 25.9. The van der Waals surface area contributed by atoms with Gasteiger partial charge in [-0.3, -0.25) is 24.3 Å². The molecule has 3 aliphatic heterocycles. The number of likely N-dealkylation sites (tertiary alicyclic amines) is 1. The summed E-state index contributed by atoms with van der Waals surface area (Å²) < 4.78 is 24.0. The van der Waals surface area contributed by atoms with Gasteiger partial charge in [0, 0.05) is 62.1 Å². The Morgan fingerprint density at radius 1 is 1.15 bits per heavy atom. The number of allylic oxidation sites excluding steroid dienone is 1. The monoisotopic (exact) mass is 753 g/mol. The molecule has 2 saturated heterocycles. The molecule has 17 heteroatoms. The average molecular weight is 754 g/mol. The first-order valence-electron chi connectivity index (χ1n) is 18.6. The maximum atomic E-state index is 14.2. The summed E-state index contributed by atoms with van der Waals surface area (Å²) in [5.74, 6) is -1.33. The highest BCUT2D eigenvalue weighted by atomic mass is 16.6. The number of hydrogen-bond donors (Lipinski definition) is 4. The van der Waals surface area contributed by atoms with E-state index in [2.05, 4.69) is 28.3 Å². The lowest BCUT2D eigenvalue weighted by atomic mass is 9.53. The molecule has 0 aromatic heterocycles. The number of amides is 3. The third kappa shape index (κ3) is 7.50. The second-order valence-electron chi connectivity index (χ2n) is 14.7. The van der Waals surface area contributed by atoms with Crippen molar-refractivity contribution in [3.05, 3.63) is 35.1 Å². The number of methoxy groups -OCH3 is 1. The van der Waals surface area contributed by atoms with Crippen molar-refractivity contribution in [2.24, 2.45) is 28.3 Å². The van der Waals surface area contributed by atoms with Crippen LogP contribution in [0.3, 0.4) is 0 Å². The zero-order chi connectivity index (χ0) is 38.7. The number of hydrogen-bond acceptors (Lipinski definition) is 11. The van der Waals surface area contributed by atoms with Crippen LogP contribution in [-0.2, 0) is 35.7 Å². The Morgan fingerprint density at radius 2 is 1.94 bits per heavy atom. The number of nitrogens with two attached hydrogens (primary N) is 2. The normalized spacial score (nSPS) is 25.6. The number of nitrogens with one attached hydrogen (secondary N) is 1. The van der Waals surface area contributed by atoms with Crippen molar-refractivity contribution in [3.8, 4) is 11.5 Å². The van der Waals surface area contributed by atoms with Gasteiger partial charge >= 0.3 is 18.2 Å². The molecule has 2 aliphatic carbocycles. The maximum Gasteiger partial charge on any atom is 0.415 e. The summed E-state index contributed by atoms with van der Waals surface area (Å²) in [4.78, 5) is 73.5. The van der Waals surface area contributed by atoms with Gasteiger partial charge in [-0.25, -0.2) is 9.59 Å². The summed E-state index contributed by atoms with van der Waals surface area (Å²) in [5, 5.41) is 12.0. The van der Waals surface area contributed by atoms with Gasteiger partial charge in [-0.15, -0.1) is 0 Å². The van der Waals surface area contributed by atoms with Crippen LogP contribution in [0.25, 0.3) is 0 Å². The fourth-order valence-electron chi connectivity index (χ4n) is 9.12. The molecular formula is C37H51N7O10. The first-order valence-corrected chi connectivity index (χ1v) is 18.6. The number of piperazine rings is 1. The van der Waals surface area contributed by atoms with Crippen LogP contribution in [0.5, 0.6) is 11.5 Å². The molecule has 0 unspecified atom stereocenters. The first kappa shape index (κ1) is 38.7. The van der Waals surface area contributed by atoms with E-state index in [0.29, 0.717) is 36.1 Å². The number of likely N-dealkylation sites (N-methyl/N-ethyl adjacent to an activating group) is 1. The molecule has 54 heavy (non-hydrogen) atoms. The predicted octanol–water partition coefficient (Wildman–Crippen LogP) is 1.36. The lowest BCUT2D eigenvalue weighted by molar-refractivity contribution is -0.141. The van der Waals surface area contributed by atoms with E-state index in [1.165, 1.54) is 15.4 Å². The lowest BCUT2D eigenvalue weighted by Gasteiger charge is -2.56. The van der Waals surface area contributed by atoms with Gasteiger partial charge in [0.15, 0.2) is 23.6 Å². The van der Waals surface area contributed by atoms with E-state index in [0.717, 1.165) is 24.9 Å². The third-order valence-electron chi connectivity index (χ3n) is 11.6. The van der Waals surface area contributed by atoms with Crippen molar-refractivity contribution in [2.75, 3.05) is 60.0 Å². The van der Waals surface area contributed by atoms with Crippen molar-refractivity contribution in [1.82, 2.24) is 20.0 Å². The SMILES string of the molecule is CCOC(=O)N1CCN(C(=O)OC2=CC[C@H]3[C@H]4Cc5ccc(OC)c6c5[C@@]3(CCN4C)[C@H]2O6)[C@@H](CNC(=O)[C@H](CCCN=C(N)N)CC(=O)CC(=O)O)C1. The van der Waals surface area contributed by atoms with Crippen molar-refractivity contribution in [3.63, 3.8) is 0 Å². The quantitative estimate of drug-likeness (QED) is 0.0912. The number of carboxylic acid groups (broad SMARTS) is 1. The van der Waals surface area contributed by atoms with Gasteiger partial charge in [0.1, 0.15) is 18.0 Å². The van der Waals surface area contributed by atoms with Gasteiger partial charge < -0.3 is 50.6 Å². The average Bonchev–Trinajstić information content (AvgIpc) is 3.49. The standard InChI is InChI=1S/C37H51N7O10/c1-4-52-35(49)43-14-15-44(23(20-43)19-41-33(48)22(6-5-12-40-34(38)39)16-24(45)18-29(46)47)36(50)53-28-10-8-25-26-17-21-7-9-27(51-3)31-30(21)37(25,32(28)54-31)11-13-42(26)2/h7,9-10,22-23,25-26,32H,4-6,8,11-20H2,1-3H3,(H,41,48)(H,46,47)(H4,38,39,40)/t22-,23+,25+,26-,32+,37+/m1/s1. The van der Waals surface area contributed by atoms with Gasteiger partial charge in [-0.1, -0.05) is 6.07 Å². The summed E-state index contributed by atoms with van der Waals surface area (Å²) in [5.41, 5.74) is 12.8. The highest BCUT2D eigenvalue weighted by Gasteiger charge is 2.65. The van der Waals surface area contributed by atoms with E-state index >= 15 is 0 Å². The molecule has 17 nitrogen and oxygen atoms in total. The van der Waals surface area contributed by atoms with Crippen LogP contribution in [0.15, 0.2) is 29.0 Å². The van der Waals surface area contributed by atoms with Gasteiger partial charge in [0.2, 0.25) is 5.91 Å². The van der Waals surface area contributed by atoms with Crippen LogP contribution in [-0.4, -0.2) is 134 Å². The van der Waals surface area contributed by atoms with E-state index < -0.39 is 54.3 Å². The largest absolute Gasteiger partial charge is 0.493 e. The second kappa shape index (κ2) is 16.1. The molecule has 0 radical (unpaired) electrons. The summed E-state index contributed by atoms with van der Waals surface area (Å²) in [6, 6.07) is 3.65. The van der Waals surface area contributed by atoms with E-state index in [1.807, 2.05) is 12.1 Å². The minimum Gasteiger partial charge on any atom is -0.493 e. The Balaban J connectivity index is 1.20. The fourth-order valence-corrected chi connectivity index (χ4v) is 9.12. The molecule has 3 amide bonds. The number of ether oxygens (including phenoxy) is 4. The molecule has 5 aliphatic rings. The lowest BCUT2D eigenvalue weighted by Crippen LogP contribution is -2.64. The van der Waals surface area contributed by atoms with Crippen molar-refractivity contribution in [2.45, 2.75) is 75.5 Å². The number of piperidine rings is 1. The summed E-state index contributed by atoms with van der Waals surface area (Å²) in [7, 11) is 3.78. The van der Waals surface area contributed by atoms with Crippen LogP contribution < -0.4 is 26.3 Å². The molecule has 0 saturated carbocycles. The van der Waals surface area contributed by atoms with Gasteiger partial charge in [0.25, 0.3) is 0 Å². The Bertz CT molecular complexity index is 1710. The summed E-state index contributed by atoms with van der Waals surface area (Å²) in [6.45, 7) is 3.21. The topological polar surface area (TPSA) is 229 Å². The molecule has 1 aromatic carbocycles. The van der Waals surface area contributed by atoms with E-state index in [4.69, 9.17) is 35.5 Å². The molecule has 1 aromatic rings. The van der Waals surface area contributed by atoms with Crippen LogP contribution in [0.2, 0.25) is 0 Å². The molecule has 2 fully saturated rings. The molecule has 1 spiro atoms. The summed E-state index contributed by atoms with van der Waals surface area (Å²) >= 11 is 0. The number of aliphatic imine (C=N–C) groups is 1. The number of Topliss-reactive ketones (excluding diaryl/α,β-unsaturated/α-hetero) is 1. The van der Waals surface area contributed by atoms with Gasteiger partial charge in [-0.2, -0.15) is 0 Å². The number of carbonyl (C=O) groups is 5. The number of carboxylic acids is 1. The van der Waals surface area contributed by atoms with Crippen LogP contribution >= 0.6 is 0 Å². The second-order valence-corrected chi connectivity index (χ2v) is 14.7. The van der Waals surface area contributed by atoms with Crippen LogP contribution in [0.1, 0.15) is 56.6 Å². The predicted molar refractivity (Wildman–Crippen MR) is 194 cm³/mol. The minimum atomic E-state index is -1.29. The Kier molecular flexibility index (Phi) is 11.5. The molecule has 3 heterocycles. The van der Waals surface area contributed by atoms with Crippen LogP contribution in [0, 0.1) is 11.8 Å². The third-order valence-corrected chi connectivity index (χ3v) is 11.6. The molecule has 6 rings (SSSR count). The van der Waals surface area contributed by atoms with Gasteiger partial charge in [-0.05, 0) is 76.2 Å². The number of aliphatic carboxylic acids is 1. The molecular weight excluding hydrogens is 702 g/mol. The van der Waals surface area contributed by atoms with Crippen molar-refractivity contribution < 1.29 is 48.0 Å². The Labute approximate surface area is 313 Å². The smallest absolute Gasteiger partial charge is 0.415 e. The van der Waals surface area contributed by atoms with Crippen LogP contribution in [0.4, 0.5) is 9.59 Å². The zero-order valence-corrected chi connectivity index (χ0v) is 31.1. The number of guanidine groups is 1. The molecule has 6 atom stereocenters. The number of carbonyl (C=O) groups excluding carboxylic acids is 4. The molecule has 294 valence electrons. The Hall–Kier alpha value is -5.06. The van der Waals surface area contributed by atoms with Crippen molar-refractivity contribution >= 4 is 35.8 Å².